The van der Waals surface area contributed by atoms with Gasteiger partial charge >= 0.3 is 0 Å². The summed E-state index contributed by atoms with van der Waals surface area (Å²) in [5, 5.41) is 19.3. The van der Waals surface area contributed by atoms with Crippen LogP contribution < -0.4 is 10.5 Å². The van der Waals surface area contributed by atoms with Crippen molar-refractivity contribution in [1.29, 1.82) is 0 Å². The highest BCUT2D eigenvalue weighted by Crippen LogP contribution is 2.40. The number of nitrogen functional groups attached to an aromatic ring is 1. The van der Waals surface area contributed by atoms with Gasteiger partial charge in [-0.1, -0.05) is 0 Å². The molecule has 1 saturated heterocycles. The van der Waals surface area contributed by atoms with Crippen molar-refractivity contribution >= 4 is 17.1 Å². The Bertz CT molecular complexity index is 726. The normalized spacial score (nSPS) is 30.9. The van der Waals surface area contributed by atoms with Gasteiger partial charge in [0.1, 0.15) is 11.7 Å². The van der Waals surface area contributed by atoms with Gasteiger partial charge < -0.3 is 25.4 Å². The molecule has 23 heavy (non-hydrogen) atoms. The van der Waals surface area contributed by atoms with Crippen molar-refractivity contribution in [1.82, 2.24) is 19.5 Å². The van der Waals surface area contributed by atoms with E-state index in [2.05, 4.69) is 15.0 Å². The smallest absolute Gasteiger partial charge is 0.247 e. The SMILES string of the molecule is CCOc1nc(N)nc2c1ncn2[C@@H]1O[C@](C)(CO)[C@@H](O)[C@H]1F. The maximum Gasteiger partial charge on any atom is 0.247 e. The first kappa shape index (κ1) is 15.8. The molecule has 4 N–H and O–H groups in total. The molecular formula is C13H18FN5O4. The van der Waals surface area contributed by atoms with E-state index in [1.165, 1.54) is 17.8 Å². The molecule has 3 heterocycles. The number of halogens is 1. The summed E-state index contributed by atoms with van der Waals surface area (Å²) in [5.41, 5.74) is 4.78. The van der Waals surface area contributed by atoms with E-state index in [9.17, 15) is 14.6 Å². The van der Waals surface area contributed by atoms with E-state index in [4.69, 9.17) is 15.2 Å². The minimum atomic E-state index is -1.77. The van der Waals surface area contributed by atoms with Crippen molar-refractivity contribution in [2.75, 3.05) is 18.9 Å². The second-order valence-corrected chi connectivity index (χ2v) is 5.51. The summed E-state index contributed by atoms with van der Waals surface area (Å²) in [6.07, 6.45) is -3.14. The van der Waals surface area contributed by atoms with Crippen LogP contribution in [0.15, 0.2) is 6.33 Å². The number of ether oxygens (including phenoxy) is 2. The fraction of sp³-hybridized carbons (Fsp3) is 0.615. The molecule has 2 aromatic heterocycles. The van der Waals surface area contributed by atoms with Gasteiger partial charge in [-0.2, -0.15) is 9.97 Å². The number of rotatable bonds is 4. The second kappa shape index (κ2) is 5.55. The first-order chi connectivity index (χ1) is 10.9. The summed E-state index contributed by atoms with van der Waals surface area (Å²) in [5.74, 6) is 0.134. The zero-order chi connectivity index (χ0) is 16.8. The number of hydrogen-bond donors (Lipinski definition) is 3. The Labute approximate surface area is 130 Å². The summed E-state index contributed by atoms with van der Waals surface area (Å²) < 4.78 is 26.6. The van der Waals surface area contributed by atoms with Crippen LogP contribution in [0.4, 0.5) is 10.3 Å². The van der Waals surface area contributed by atoms with Crippen molar-refractivity contribution in [3.63, 3.8) is 0 Å². The standard InChI is InChI=1S/C13H18FN5O4/c1-3-22-10-7-9(17-12(15)18-10)19(5-16-7)11-6(14)8(21)13(2,4-20)23-11/h5-6,8,11,20-21H,3-4H2,1-2H3,(H2,15,17,18)/t6-,8+,11-,13-/m1/s1. The van der Waals surface area contributed by atoms with Crippen LogP contribution in [-0.4, -0.2) is 60.8 Å². The fourth-order valence-electron chi connectivity index (χ4n) is 2.57. The molecule has 0 spiro atoms. The molecular weight excluding hydrogens is 309 g/mol. The Hall–Kier alpha value is -2.04. The van der Waals surface area contributed by atoms with Crippen molar-refractivity contribution in [3.05, 3.63) is 6.33 Å². The van der Waals surface area contributed by atoms with Gasteiger partial charge in [-0.15, -0.1) is 0 Å². The number of aromatic nitrogens is 4. The van der Waals surface area contributed by atoms with Gasteiger partial charge in [-0.3, -0.25) is 4.57 Å². The maximum absolute atomic E-state index is 14.5. The van der Waals surface area contributed by atoms with Crippen LogP contribution in [0.2, 0.25) is 0 Å². The molecule has 3 rings (SSSR count). The van der Waals surface area contributed by atoms with Crippen molar-refractivity contribution in [2.24, 2.45) is 0 Å². The van der Waals surface area contributed by atoms with Gasteiger partial charge in [0, 0.05) is 0 Å². The molecule has 1 fully saturated rings. The highest BCUT2D eigenvalue weighted by molar-refractivity contribution is 5.77. The maximum atomic E-state index is 14.5. The van der Waals surface area contributed by atoms with E-state index in [1.54, 1.807) is 6.92 Å². The van der Waals surface area contributed by atoms with E-state index >= 15 is 0 Å². The Balaban J connectivity index is 2.08. The number of nitrogens with two attached hydrogens (primary N) is 1. The average molecular weight is 327 g/mol. The number of aliphatic hydroxyl groups excluding tert-OH is 2. The third-order valence-corrected chi connectivity index (χ3v) is 3.87. The van der Waals surface area contributed by atoms with E-state index in [0.29, 0.717) is 12.1 Å². The number of imidazole rings is 1. The van der Waals surface area contributed by atoms with E-state index in [-0.39, 0.29) is 17.5 Å². The molecule has 0 aromatic carbocycles. The zero-order valence-electron chi connectivity index (χ0n) is 12.7. The van der Waals surface area contributed by atoms with Gasteiger partial charge in [0.25, 0.3) is 0 Å². The number of fused-ring (bicyclic) bond motifs is 1. The molecule has 0 radical (unpaired) electrons. The predicted molar refractivity (Wildman–Crippen MR) is 77.4 cm³/mol. The molecule has 0 bridgehead atoms. The minimum absolute atomic E-state index is 0.0541. The molecule has 1 aliphatic rings. The van der Waals surface area contributed by atoms with Crippen LogP contribution in [0.3, 0.4) is 0 Å². The Morgan fingerprint density at radius 1 is 1.52 bits per heavy atom. The molecule has 0 saturated carbocycles. The first-order valence-corrected chi connectivity index (χ1v) is 7.15. The second-order valence-electron chi connectivity index (χ2n) is 5.51. The largest absolute Gasteiger partial charge is 0.476 e. The molecule has 9 nitrogen and oxygen atoms in total. The van der Waals surface area contributed by atoms with Crippen LogP contribution >= 0.6 is 0 Å². The van der Waals surface area contributed by atoms with Crippen LogP contribution in [-0.2, 0) is 4.74 Å². The van der Waals surface area contributed by atoms with Gasteiger partial charge in [0.05, 0.1) is 19.5 Å². The van der Waals surface area contributed by atoms with Gasteiger partial charge in [-0.25, -0.2) is 9.37 Å². The first-order valence-electron chi connectivity index (χ1n) is 7.15. The van der Waals surface area contributed by atoms with Crippen molar-refractivity contribution in [3.8, 4) is 5.88 Å². The van der Waals surface area contributed by atoms with E-state index in [0.717, 1.165) is 0 Å². The molecule has 0 aliphatic carbocycles. The fourth-order valence-corrected chi connectivity index (χ4v) is 2.57. The monoisotopic (exact) mass is 327 g/mol. The third-order valence-electron chi connectivity index (χ3n) is 3.87. The van der Waals surface area contributed by atoms with Crippen LogP contribution in [0.25, 0.3) is 11.2 Å². The number of anilines is 1. The van der Waals surface area contributed by atoms with E-state index < -0.39 is 30.7 Å². The van der Waals surface area contributed by atoms with E-state index in [1.807, 2.05) is 0 Å². The van der Waals surface area contributed by atoms with Gasteiger partial charge in [0.2, 0.25) is 11.8 Å². The molecule has 126 valence electrons. The lowest BCUT2D eigenvalue weighted by molar-refractivity contribution is -0.115. The third kappa shape index (κ3) is 2.38. The summed E-state index contributed by atoms with van der Waals surface area (Å²) in [4.78, 5) is 12.1. The van der Waals surface area contributed by atoms with Gasteiger partial charge in [-0.05, 0) is 13.8 Å². The summed E-state index contributed by atoms with van der Waals surface area (Å²) in [6, 6.07) is 0. The molecule has 0 unspecified atom stereocenters. The van der Waals surface area contributed by atoms with Crippen LogP contribution in [0.1, 0.15) is 20.1 Å². The lowest BCUT2D eigenvalue weighted by Crippen LogP contribution is -2.42. The molecule has 2 aromatic rings. The van der Waals surface area contributed by atoms with Crippen LogP contribution in [0.5, 0.6) is 5.88 Å². The predicted octanol–water partition coefficient (Wildman–Crippen LogP) is -0.214. The molecule has 4 atom stereocenters. The highest BCUT2D eigenvalue weighted by Gasteiger charge is 2.53. The van der Waals surface area contributed by atoms with Gasteiger partial charge in [0.15, 0.2) is 23.6 Å². The topological polar surface area (TPSA) is 129 Å². The molecule has 0 amide bonds. The lowest BCUT2D eigenvalue weighted by Gasteiger charge is -2.24. The number of nitrogens with zero attached hydrogens (tertiary/aromatic N) is 4. The van der Waals surface area contributed by atoms with Crippen LogP contribution in [0, 0.1) is 0 Å². The van der Waals surface area contributed by atoms with Crippen molar-refractivity contribution < 1.29 is 24.1 Å². The lowest BCUT2D eigenvalue weighted by atomic mass is 9.99. The molecule has 10 heteroatoms. The summed E-state index contributed by atoms with van der Waals surface area (Å²) in [7, 11) is 0. The Kier molecular flexibility index (Phi) is 3.82. The average Bonchev–Trinajstić information content (AvgIpc) is 3.03. The zero-order valence-corrected chi connectivity index (χ0v) is 12.7. The quantitative estimate of drug-likeness (QED) is 0.703. The number of aliphatic hydroxyl groups is 2. The number of alkyl halides is 1. The minimum Gasteiger partial charge on any atom is -0.476 e. The Morgan fingerprint density at radius 2 is 2.26 bits per heavy atom. The summed E-state index contributed by atoms with van der Waals surface area (Å²) in [6.45, 7) is 3.03. The highest BCUT2D eigenvalue weighted by atomic mass is 19.1. The Morgan fingerprint density at radius 3 is 2.87 bits per heavy atom. The summed E-state index contributed by atoms with van der Waals surface area (Å²) >= 11 is 0. The van der Waals surface area contributed by atoms with Crippen molar-refractivity contribution in [2.45, 2.75) is 38.0 Å². The number of hydrogen-bond acceptors (Lipinski definition) is 8. The molecule has 1 aliphatic heterocycles.